The Labute approximate surface area is 177 Å². The first-order valence-electron chi connectivity index (χ1n) is 9.81. The van der Waals surface area contributed by atoms with Crippen LogP contribution in [0, 0.1) is 0 Å². The number of hydrogen-bond donors (Lipinski definition) is 1. The minimum absolute atomic E-state index is 0.0141. The monoisotopic (exact) mass is 426 g/mol. The molecule has 0 saturated heterocycles. The van der Waals surface area contributed by atoms with Crippen molar-refractivity contribution < 1.29 is 14.3 Å². The van der Waals surface area contributed by atoms with Gasteiger partial charge in [-0.25, -0.2) is 0 Å². The van der Waals surface area contributed by atoms with Gasteiger partial charge < -0.3 is 14.8 Å². The summed E-state index contributed by atoms with van der Waals surface area (Å²) in [5.74, 6) is 1.41. The number of benzene rings is 1. The van der Waals surface area contributed by atoms with E-state index < -0.39 is 0 Å². The van der Waals surface area contributed by atoms with Gasteiger partial charge in [0.25, 0.3) is 0 Å². The van der Waals surface area contributed by atoms with Crippen molar-refractivity contribution in [1.82, 2.24) is 4.90 Å². The van der Waals surface area contributed by atoms with E-state index in [1.807, 2.05) is 29.5 Å². The zero-order chi connectivity index (χ0) is 19.6. The van der Waals surface area contributed by atoms with Crippen molar-refractivity contribution >= 4 is 34.3 Å². The minimum atomic E-state index is -0.0141. The Morgan fingerprint density at radius 3 is 2.86 bits per heavy atom. The molecule has 150 valence electrons. The van der Waals surface area contributed by atoms with E-state index in [4.69, 9.17) is 9.47 Å². The standard InChI is InChI=1S/C22H22N2O3S2/c25-21(23-15-4-5-17-18(13-15)27-10-2-9-26-17)14-24-8-6-19-16(7-12-29-19)22(24)20-3-1-11-28-20/h1,3-5,7,11-13,22H,2,6,8-10,14H2,(H,23,25). The molecule has 1 atom stereocenters. The molecule has 1 N–H and O–H groups in total. The van der Waals surface area contributed by atoms with Gasteiger partial charge in [0.05, 0.1) is 25.8 Å². The lowest BCUT2D eigenvalue weighted by atomic mass is 9.98. The molecule has 0 spiro atoms. The first-order chi connectivity index (χ1) is 14.3. The Balaban J connectivity index is 1.32. The van der Waals surface area contributed by atoms with Gasteiger partial charge in [0, 0.05) is 34.5 Å². The third-order valence-corrected chi connectivity index (χ3v) is 7.18. The normalized spacial score (nSPS) is 18.7. The predicted molar refractivity (Wildman–Crippen MR) is 116 cm³/mol. The zero-order valence-corrected chi connectivity index (χ0v) is 17.6. The van der Waals surface area contributed by atoms with E-state index in [0.29, 0.717) is 25.5 Å². The maximum absolute atomic E-state index is 12.9. The van der Waals surface area contributed by atoms with Gasteiger partial charge in [-0.05, 0) is 47.0 Å². The van der Waals surface area contributed by atoms with Crippen molar-refractivity contribution in [2.75, 3.05) is 31.6 Å². The highest BCUT2D eigenvalue weighted by Crippen LogP contribution is 2.39. The second-order valence-electron chi connectivity index (χ2n) is 7.20. The van der Waals surface area contributed by atoms with Crippen LogP contribution in [0.15, 0.2) is 47.2 Å². The third kappa shape index (κ3) is 3.90. The highest BCUT2D eigenvalue weighted by Gasteiger charge is 2.31. The molecule has 0 saturated carbocycles. The van der Waals surface area contributed by atoms with Crippen molar-refractivity contribution in [2.24, 2.45) is 0 Å². The van der Waals surface area contributed by atoms with Gasteiger partial charge in [0.15, 0.2) is 11.5 Å². The summed E-state index contributed by atoms with van der Waals surface area (Å²) in [5.41, 5.74) is 2.08. The second-order valence-corrected chi connectivity index (χ2v) is 9.18. The summed E-state index contributed by atoms with van der Waals surface area (Å²) >= 11 is 3.57. The minimum Gasteiger partial charge on any atom is -0.490 e. The smallest absolute Gasteiger partial charge is 0.238 e. The van der Waals surface area contributed by atoms with Crippen LogP contribution in [0.3, 0.4) is 0 Å². The Hall–Kier alpha value is -2.35. The molecule has 5 rings (SSSR count). The van der Waals surface area contributed by atoms with Crippen LogP contribution in [0.5, 0.6) is 11.5 Å². The number of hydrogen-bond acceptors (Lipinski definition) is 6. The molecule has 29 heavy (non-hydrogen) atoms. The van der Waals surface area contributed by atoms with E-state index in [0.717, 1.165) is 30.8 Å². The number of fused-ring (bicyclic) bond motifs is 2. The summed E-state index contributed by atoms with van der Waals surface area (Å²) in [4.78, 5) is 17.9. The number of anilines is 1. The first-order valence-corrected chi connectivity index (χ1v) is 11.6. The molecule has 7 heteroatoms. The van der Waals surface area contributed by atoms with Gasteiger partial charge in [-0.2, -0.15) is 0 Å². The van der Waals surface area contributed by atoms with Gasteiger partial charge in [-0.1, -0.05) is 6.07 Å². The molecular weight excluding hydrogens is 404 g/mol. The van der Waals surface area contributed by atoms with Gasteiger partial charge in [-0.3, -0.25) is 9.69 Å². The van der Waals surface area contributed by atoms with Crippen LogP contribution >= 0.6 is 22.7 Å². The van der Waals surface area contributed by atoms with Crippen LogP contribution in [0.4, 0.5) is 5.69 Å². The fraction of sp³-hybridized carbons (Fsp3) is 0.318. The number of amides is 1. The number of carbonyl (C=O) groups excluding carboxylic acids is 1. The van der Waals surface area contributed by atoms with E-state index in [2.05, 4.69) is 39.2 Å². The molecule has 1 aromatic carbocycles. The lowest BCUT2D eigenvalue weighted by Crippen LogP contribution is -2.40. The summed E-state index contributed by atoms with van der Waals surface area (Å²) in [5, 5.41) is 7.30. The van der Waals surface area contributed by atoms with Crippen molar-refractivity contribution in [3.63, 3.8) is 0 Å². The summed E-state index contributed by atoms with van der Waals surface area (Å²) < 4.78 is 11.4. The average Bonchev–Trinajstić information content (AvgIpc) is 3.36. The molecule has 3 aromatic rings. The molecule has 2 aromatic heterocycles. The molecule has 4 heterocycles. The molecular formula is C22H22N2O3S2. The lowest BCUT2D eigenvalue weighted by Gasteiger charge is -2.34. The van der Waals surface area contributed by atoms with E-state index in [-0.39, 0.29) is 11.9 Å². The van der Waals surface area contributed by atoms with Crippen LogP contribution < -0.4 is 14.8 Å². The number of carbonyl (C=O) groups is 1. The van der Waals surface area contributed by atoms with Crippen LogP contribution in [-0.2, 0) is 11.2 Å². The van der Waals surface area contributed by atoms with Crippen molar-refractivity contribution in [2.45, 2.75) is 18.9 Å². The fourth-order valence-corrected chi connectivity index (χ4v) is 5.72. The molecule has 0 radical (unpaired) electrons. The van der Waals surface area contributed by atoms with E-state index >= 15 is 0 Å². The number of nitrogens with one attached hydrogen (secondary N) is 1. The molecule has 0 aliphatic carbocycles. The summed E-state index contributed by atoms with van der Waals surface area (Å²) in [6.07, 6.45) is 1.85. The molecule has 0 fully saturated rings. The molecule has 1 unspecified atom stereocenters. The van der Waals surface area contributed by atoms with Gasteiger partial charge in [0.1, 0.15) is 0 Å². The molecule has 2 aliphatic rings. The Morgan fingerprint density at radius 1 is 1.10 bits per heavy atom. The van der Waals surface area contributed by atoms with Crippen molar-refractivity contribution in [3.05, 3.63) is 62.5 Å². The quantitative estimate of drug-likeness (QED) is 0.665. The second kappa shape index (κ2) is 8.18. The van der Waals surface area contributed by atoms with Gasteiger partial charge in [0.2, 0.25) is 5.91 Å². The fourth-order valence-electron chi connectivity index (χ4n) is 3.94. The third-order valence-electron chi connectivity index (χ3n) is 5.26. The zero-order valence-electron chi connectivity index (χ0n) is 15.9. The topological polar surface area (TPSA) is 50.8 Å². The maximum atomic E-state index is 12.9. The molecule has 5 nitrogen and oxygen atoms in total. The SMILES string of the molecule is O=C(CN1CCc2sccc2C1c1cccs1)Nc1ccc2c(c1)OCCCO2. The lowest BCUT2D eigenvalue weighted by molar-refractivity contribution is -0.117. The summed E-state index contributed by atoms with van der Waals surface area (Å²) in [7, 11) is 0. The number of rotatable bonds is 4. The molecule has 2 aliphatic heterocycles. The molecule has 1 amide bonds. The highest BCUT2D eigenvalue weighted by molar-refractivity contribution is 7.10. The number of thiophene rings is 2. The van der Waals surface area contributed by atoms with Crippen LogP contribution in [0.25, 0.3) is 0 Å². The Bertz CT molecular complexity index is 999. The van der Waals surface area contributed by atoms with E-state index in [1.54, 1.807) is 11.3 Å². The van der Waals surface area contributed by atoms with E-state index in [1.165, 1.54) is 15.3 Å². The van der Waals surface area contributed by atoms with Crippen molar-refractivity contribution in [1.29, 1.82) is 0 Å². The predicted octanol–water partition coefficient (Wildman–Crippen LogP) is 4.56. The molecule has 0 bridgehead atoms. The van der Waals surface area contributed by atoms with Crippen LogP contribution in [-0.4, -0.2) is 37.1 Å². The Kier molecular flexibility index (Phi) is 5.26. The first kappa shape index (κ1) is 18.7. The van der Waals surface area contributed by atoms with Crippen molar-refractivity contribution in [3.8, 4) is 11.5 Å². The maximum Gasteiger partial charge on any atom is 0.238 e. The van der Waals surface area contributed by atoms with Crippen LogP contribution in [0.2, 0.25) is 0 Å². The Morgan fingerprint density at radius 2 is 2.00 bits per heavy atom. The van der Waals surface area contributed by atoms with Gasteiger partial charge >= 0.3 is 0 Å². The number of ether oxygens (including phenoxy) is 2. The highest BCUT2D eigenvalue weighted by atomic mass is 32.1. The average molecular weight is 427 g/mol. The summed E-state index contributed by atoms with van der Waals surface area (Å²) in [6.45, 7) is 2.52. The van der Waals surface area contributed by atoms with E-state index in [9.17, 15) is 4.79 Å². The largest absolute Gasteiger partial charge is 0.490 e. The number of nitrogens with zero attached hydrogens (tertiary/aromatic N) is 1. The van der Waals surface area contributed by atoms with Crippen LogP contribution in [0.1, 0.15) is 27.8 Å². The summed E-state index contributed by atoms with van der Waals surface area (Å²) in [6, 6.07) is 12.2. The van der Waals surface area contributed by atoms with Gasteiger partial charge in [-0.15, -0.1) is 22.7 Å².